The molecule has 0 amide bonds. The van der Waals surface area contributed by atoms with Gasteiger partial charge in [-0.05, 0) is 23.7 Å². The second-order valence-electron chi connectivity index (χ2n) is 4.55. The van der Waals surface area contributed by atoms with Gasteiger partial charge in [-0.2, -0.15) is 15.0 Å². The third-order valence-electron chi connectivity index (χ3n) is 2.75. The molecule has 3 aromatic rings. The van der Waals surface area contributed by atoms with Gasteiger partial charge in [0.15, 0.2) is 0 Å². The minimum absolute atomic E-state index is 0.0810. The molecule has 21 heavy (non-hydrogen) atoms. The Kier molecular flexibility index (Phi) is 3.53. The Morgan fingerprint density at radius 3 is 2.71 bits per heavy atom. The number of pyridine rings is 1. The summed E-state index contributed by atoms with van der Waals surface area (Å²) in [5.74, 6) is 0.972. The summed E-state index contributed by atoms with van der Waals surface area (Å²) in [5, 5.41) is 1.06. The van der Waals surface area contributed by atoms with Crippen molar-refractivity contribution in [1.29, 1.82) is 0 Å². The van der Waals surface area contributed by atoms with Gasteiger partial charge >= 0.3 is 6.01 Å². The zero-order valence-electron chi connectivity index (χ0n) is 11.5. The van der Waals surface area contributed by atoms with E-state index in [1.807, 2.05) is 44.4 Å². The lowest BCUT2D eigenvalue weighted by atomic mass is 10.2. The highest BCUT2D eigenvalue weighted by molar-refractivity contribution is 6.28. The number of fused-ring (bicyclic) bond motifs is 1. The van der Waals surface area contributed by atoms with E-state index >= 15 is 0 Å². The van der Waals surface area contributed by atoms with Crippen molar-refractivity contribution in [3.05, 3.63) is 41.8 Å². The molecule has 2 aromatic heterocycles. The van der Waals surface area contributed by atoms with E-state index in [1.54, 1.807) is 11.1 Å². The van der Waals surface area contributed by atoms with Crippen LogP contribution in [0.1, 0.15) is 0 Å². The van der Waals surface area contributed by atoms with Gasteiger partial charge in [0.25, 0.3) is 0 Å². The van der Waals surface area contributed by atoms with Crippen molar-refractivity contribution in [3.8, 4) is 11.8 Å². The van der Waals surface area contributed by atoms with E-state index in [2.05, 4.69) is 19.9 Å². The first-order valence-corrected chi connectivity index (χ1v) is 6.61. The molecule has 2 heterocycles. The van der Waals surface area contributed by atoms with Crippen LogP contribution in [-0.2, 0) is 0 Å². The normalized spacial score (nSPS) is 10.6. The largest absolute Gasteiger partial charge is 0.422 e. The molecule has 0 spiro atoms. The summed E-state index contributed by atoms with van der Waals surface area (Å²) in [4.78, 5) is 18.2. The summed E-state index contributed by atoms with van der Waals surface area (Å²) in [6.45, 7) is 0. The maximum atomic E-state index is 5.87. The Hall–Kier alpha value is -2.47. The Balaban J connectivity index is 1.94. The Bertz CT molecular complexity index is 793. The van der Waals surface area contributed by atoms with Gasteiger partial charge in [0.05, 0.1) is 11.7 Å². The Labute approximate surface area is 126 Å². The first-order chi connectivity index (χ1) is 10.1. The monoisotopic (exact) mass is 301 g/mol. The molecule has 1 aromatic carbocycles. The number of benzene rings is 1. The summed E-state index contributed by atoms with van der Waals surface area (Å²) in [6.07, 6.45) is 1.62. The standard InChI is InChI=1S/C14H12ClN5O/c1-20(2)13-17-12(15)18-14(19-13)21-10-7-9-5-3-4-6-11(9)16-8-10/h3-8H,1-2H3. The SMILES string of the molecule is CN(C)c1nc(Cl)nc(Oc2cnc3ccccc3c2)n1. The molecule has 0 saturated heterocycles. The fourth-order valence-corrected chi connectivity index (χ4v) is 1.93. The molecule has 0 aliphatic heterocycles. The molecule has 0 fully saturated rings. The van der Waals surface area contributed by atoms with E-state index < -0.39 is 0 Å². The van der Waals surface area contributed by atoms with Crippen LogP contribution in [0.3, 0.4) is 0 Å². The average molecular weight is 302 g/mol. The quantitative estimate of drug-likeness (QED) is 0.741. The number of hydrogen-bond donors (Lipinski definition) is 0. The number of anilines is 1. The highest BCUT2D eigenvalue weighted by Crippen LogP contribution is 2.23. The molecule has 6 nitrogen and oxygen atoms in total. The molecular weight excluding hydrogens is 290 g/mol. The Morgan fingerprint density at radius 2 is 1.90 bits per heavy atom. The first-order valence-electron chi connectivity index (χ1n) is 6.23. The zero-order chi connectivity index (χ0) is 14.8. The molecule has 0 saturated carbocycles. The number of rotatable bonds is 3. The van der Waals surface area contributed by atoms with Gasteiger partial charge in [0.2, 0.25) is 11.2 Å². The summed E-state index contributed by atoms with van der Waals surface area (Å²) in [7, 11) is 3.63. The summed E-state index contributed by atoms with van der Waals surface area (Å²) in [6, 6.07) is 9.78. The van der Waals surface area contributed by atoms with Crippen molar-refractivity contribution in [3.63, 3.8) is 0 Å². The molecule has 0 unspecified atom stereocenters. The number of para-hydroxylation sites is 1. The highest BCUT2D eigenvalue weighted by Gasteiger charge is 2.09. The third kappa shape index (κ3) is 3.00. The van der Waals surface area contributed by atoms with Gasteiger partial charge < -0.3 is 9.64 Å². The lowest BCUT2D eigenvalue weighted by Gasteiger charge is -2.11. The van der Waals surface area contributed by atoms with Crippen LogP contribution in [0.15, 0.2) is 36.5 Å². The van der Waals surface area contributed by atoms with E-state index in [-0.39, 0.29) is 11.3 Å². The number of nitrogens with zero attached hydrogens (tertiary/aromatic N) is 5. The van der Waals surface area contributed by atoms with Crippen LogP contribution in [0.2, 0.25) is 5.28 Å². The fourth-order valence-electron chi connectivity index (χ4n) is 1.78. The molecule has 3 rings (SSSR count). The van der Waals surface area contributed by atoms with Crippen LogP contribution in [0, 0.1) is 0 Å². The van der Waals surface area contributed by atoms with Crippen molar-refractivity contribution in [2.45, 2.75) is 0 Å². The van der Waals surface area contributed by atoms with Gasteiger partial charge in [-0.25, -0.2) is 0 Å². The van der Waals surface area contributed by atoms with Crippen molar-refractivity contribution >= 4 is 28.5 Å². The number of halogens is 1. The molecule has 0 N–H and O–H groups in total. The van der Waals surface area contributed by atoms with Gasteiger partial charge in [-0.3, -0.25) is 4.98 Å². The van der Waals surface area contributed by atoms with Gasteiger partial charge in [0.1, 0.15) is 5.75 Å². The van der Waals surface area contributed by atoms with Crippen molar-refractivity contribution in [2.24, 2.45) is 0 Å². The summed E-state index contributed by atoms with van der Waals surface area (Å²) < 4.78 is 5.62. The molecule has 0 bridgehead atoms. The maximum absolute atomic E-state index is 5.87. The van der Waals surface area contributed by atoms with Crippen LogP contribution < -0.4 is 9.64 Å². The van der Waals surface area contributed by atoms with Crippen LogP contribution in [0.4, 0.5) is 5.95 Å². The predicted molar refractivity (Wildman–Crippen MR) is 81.0 cm³/mol. The second-order valence-corrected chi connectivity index (χ2v) is 4.89. The number of aromatic nitrogens is 4. The highest BCUT2D eigenvalue weighted by atomic mass is 35.5. The minimum atomic E-state index is 0.0810. The lowest BCUT2D eigenvalue weighted by molar-refractivity contribution is 0.438. The zero-order valence-corrected chi connectivity index (χ0v) is 12.2. The number of ether oxygens (including phenoxy) is 1. The minimum Gasteiger partial charge on any atom is -0.422 e. The van der Waals surface area contributed by atoms with Gasteiger partial charge in [0, 0.05) is 19.5 Å². The van der Waals surface area contributed by atoms with Crippen molar-refractivity contribution in [1.82, 2.24) is 19.9 Å². The van der Waals surface area contributed by atoms with Crippen molar-refractivity contribution in [2.75, 3.05) is 19.0 Å². The molecule has 0 radical (unpaired) electrons. The average Bonchev–Trinajstić information content (AvgIpc) is 2.46. The number of hydrogen-bond acceptors (Lipinski definition) is 6. The Morgan fingerprint density at radius 1 is 1.10 bits per heavy atom. The predicted octanol–water partition coefficient (Wildman–Crippen LogP) is 2.93. The second kappa shape index (κ2) is 5.49. The third-order valence-corrected chi connectivity index (χ3v) is 2.92. The first kappa shape index (κ1) is 13.5. The van der Waals surface area contributed by atoms with E-state index in [4.69, 9.17) is 16.3 Å². The van der Waals surface area contributed by atoms with Crippen LogP contribution in [0.25, 0.3) is 10.9 Å². The van der Waals surface area contributed by atoms with Gasteiger partial charge in [-0.1, -0.05) is 18.2 Å². The lowest BCUT2D eigenvalue weighted by Crippen LogP contribution is -2.13. The van der Waals surface area contributed by atoms with E-state index in [0.29, 0.717) is 11.7 Å². The molecule has 0 aliphatic carbocycles. The summed E-state index contributed by atoms with van der Waals surface area (Å²) in [5.41, 5.74) is 0.896. The molecule has 0 aliphatic rings. The van der Waals surface area contributed by atoms with Crippen LogP contribution in [-0.4, -0.2) is 34.0 Å². The molecular formula is C14H12ClN5O. The molecule has 106 valence electrons. The van der Waals surface area contributed by atoms with Crippen molar-refractivity contribution < 1.29 is 4.74 Å². The smallest absolute Gasteiger partial charge is 0.328 e. The van der Waals surface area contributed by atoms with E-state index in [9.17, 15) is 0 Å². The fraction of sp³-hybridized carbons (Fsp3) is 0.143. The topological polar surface area (TPSA) is 64.0 Å². The van der Waals surface area contributed by atoms with Crippen LogP contribution >= 0.6 is 11.6 Å². The summed E-state index contributed by atoms with van der Waals surface area (Å²) >= 11 is 5.87. The molecule has 0 atom stereocenters. The van der Waals surface area contributed by atoms with Crippen LogP contribution in [0.5, 0.6) is 11.8 Å². The maximum Gasteiger partial charge on any atom is 0.328 e. The van der Waals surface area contributed by atoms with Gasteiger partial charge in [-0.15, -0.1) is 0 Å². The molecule has 7 heteroatoms. The van der Waals surface area contributed by atoms with E-state index in [0.717, 1.165) is 10.9 Å². The van der Waals surface area contributed by atoms with E-state index in [1.165, 1.54) is 0 Å².